The van der Waals surface area contributed by atoms with Gasteiger partial charge in [-0.3, -0.25) is 4.79 Å². The lowest BCUT2D eigenvalue weighted by Gasteiger charge is -2.38. The molecule has 1 atom stereocenters. The second-order valence-corrected chi connectivity index (χ2v) is 8.35. The first kappa shape index (κ1) is 21.2. The number of nitrogens with zero attached hydrogens (tertiary/aromatic N) is 1. The minimum atomic E-state index is -0.451. The predicted octanol–water partition coefficient (Wildman–Crippen LogP) is 4.41. The van der Waals surface area contributed by atoms with E-state index < -0.39 is 6.04 Å². The summed E-state index contributed by atoms with van der Waals surface area (Å²) in [7, 11) is 0. The fourth-order valence-electron chi connectivity index (χ4n) is 3.89. The van der Waals surface area contributed by atoms with Gasteiger partial charge in [-0.2, -0.15) is 0 Å². The number of amides is 1. The van der Waals surface area contributed by atoms with Crippen LogP contribution in [0.25, 0.3) is 0 Å². The minimum Gasteiger partial charge on any atom is -0.504 e. The van der Waals surface area contributed by atoms with E-state index in [-0.39, 0.29) is 11.7 Å². The first-order valence-corrected chi connectivity index (χ1v) is 10.9. The Bertz CT molecular complexity index is 1040. The Morgan fingerprint density at radius 3 is 2.58 bits per heavy atom. The second kappa shape index (κ2) is 8.59. The first-order chi connectivity index (χ1) is 14.9. The second-order valence-electron chi connectivity index (χ2n) is 7.96. The Morgan fingerprint density at radius 2 is 1.94 bits per heavy atom. The normalized spacial score (nSPS) is 18.6. The van der Waals surface area contributed by atoms with Crippen LogP contribution < -0.4 is 15.4 Å². The quantitative estimate of drug-likeness (QED) is 0.582. The number of phenols is 1. The van der Waals surface area contributed by atoms with Gasteiger partial charge in [0.2, 0.25) is 0 Å². The van der Waals surface area contributed by atoms with Crippen molar-refractivity contribution in [3.8, 4) is 11.5 Å². The molecular weight excluding hydrogens is 410 g/mol. The highest BCUT2D eigenvalue weighted by Crippen LogP contribution is 2.39. The van der Waals surface area contributed by atoms with E-state index in [1.807, 2.05) is 45.0 Å². The molecule has 0 bridgehead atoms. The maximum atomic E-state index is 13.5. The summed E-state index contributed by atoms with van der Waals surface area (Å²) in [6, 6.07) is 12.7. The number of hydrogen-bond acceptors (Lipinski definition) is 4. The van der Waals surface area contributed by atoms with Gasteiger partial charge in [-0.05, 0) is 75.7 Å². The number of thiocarbonyl (C=S) groups is 1. The molecule has 1 aliphatic carbocycles. The first-order valence-electron chi connectivity index (χ1n) is 10.5. The van der Waals surface area contributed by atoms with Crippen molar-refractivity contribution in [2.24, 2.45) is 0 Å². The van der Waals surface area contributed by atoms with E-state index in [9.17, 15) is 9.90 Å². The molecule has 2 aliphatic rings. The average Bonchev–Trinajstić information content (AvgIpc) is 3.56. The summed E-state index contributed by atoms with van der Waals surface area (Å²) in [6.45, 7) is 6.25. The zero-order valence-corrected chi connectivity index (χ0v) is 18.8. The molecule has 31 heavy (non-hydrogen) atoms. The third-order valence-corrected chi connectivity index (χ3v) is 5.92. The number of anilines is 1. The van der Waals surface area contributed by atoms with Gasteiger partial charge in [0.25, 0.3) is 5.91 Å². The number of benzene rings is 2. The number of aromatic hydroxyl groups is 1. The van der Waals surface area contributed by atoms with Crippen LogP contribution in [0.4, 0.5) is 5.69 Å². The van der Waals surface area contributed by atoms with E-state index in [0.717, 1.165) is 35.4 Å². The molecule has 1 aliphatic heterocycles. The number of carbonyl (C=O) groups excluding carboxylic acids is 1. The lowest BCUT2D eigenvalue weighted by molar-refractivity contribution is -0.113. The van der Waals surface area contributed by atoms with E-state index in [1.165, 1.54) is 0 Å². The molecule has 7 heteroatoms. The number of carbonyl (C=O) groups is 1. The predicted molar refractivity (Wildman–Crippen MR) is 125 cm³/mol. The summed E-state index contributed by atoms with van der Waals surface area (Å²) in [5.74, 6) is 0.265. The molecule has 1 amide bonds. The summed E-state index contributed by atoms with van der Waals surface area (Å²) in [5, 5.41) is 17.1. The maximum absolute atomic E-state index is 13.5. The van der Waals surface area contributed by atoms with Crippen LogP contribution in [0, 0.1) is 6.92 Å². The minimum absolute atomic E-state index is 0.0648. The van der Waals surface area contributed by atoms with Gasteiger partial charge in [0.1, 0.15) is 0 Å². The standard InChI is InChI=1S/C24H27N3O3S/c1-4-30-20-13-16(7-12-19(20)28)22-21(15(3)27(18-10-11-18)24(31)26-22)23(29)25-17-8-5-14(2)6-9-17/h5-9,12-13,18,22,28H,4,10-11H2,1-3H3,(H,25,29)(H,26,31). The highest BCUT2D eigenvalue weighted by atomic mass is 32.1. The number of hydrogen-bond donors (Lipinski definition) is 3. The highest BCUT2D eigenvalue weighted by Gasteiger charge is 2.40. The van der Waals surface area contributed by atoms with Crippen LogP contribution >= 0.6 is 12.2 Å². The van der Waals surface area contributed by atoms with Crippen molar-refractivity contribution in [2.75, 3.05) is 11.9 Å². The molecule has 2 aromatic rings. The van der Waals surface area contributed by atoms with Gasteiger partial charge >= 0.3 is 0 Å². The van der Waals surface area contributed by atoms with Crippen LogP contribution in [0.15, 0.2) is 53.7 Å². The summed E-state index contributed by atoms with van der Waals surface area (Å²) >= 11 is 5.66. The Hall–Kier alpha value is -3.06. The Labute approximate surface area is 187 Å². The van der Waals surface area contributed by atoms with Crippen molar-refractivity contribution in [1.82, 2.24) is 10.2 Å². The third kappa shape index (κ3) is 4.37. The van der Waals surface area contributed by atoms with E-state index in [4.69, 9.17) is 17.0 Å². The molecule has 2 aromatic carbocycles. The SMILES string of the molecule is CCOc1cc(C2NC(=S)N(C3CC3)C(C)=C2C(=O)Nc2ccc(C)cc2)ccc1O. The van der Waals surface area contributed by atoms with Gasteiger partial charge in [0.15, 0.2) is 16.6 Å². The summed E-state index contributed by atoms with van der Waals surface area (Å²) in [4.78, 5) is 15.5. The number of nitrogens with one attached hydrogen (secondary N) is 2. The van der Waals surface area contributed by atoms with E-state index >= 15 is 0 Å². The van der Waals surface area contributed by atoms with Crippen molar-refractivity contribution in [3.63, 3.8) is 0 Å². The van der Waals surface area contributed by atoms with Crippen LogP contribution in [-0.4, -0.2) is 33.7 Å². The largest absolute Gasteiger partial charge is 0.504 e. The number of ether oxygens (including phenoxy) is 1. The van der Waals surface area contributed by atoms with E-state index in [1.54, 1.807) is 18.2 Å². The fraction of sp³-hybridized carbons (Fsp3) is 0.333. The number of allylic oxidation sites excluding steroid dienone is 1. The lowest BCUT2D eigenvalue weighted by Crippen LogP contribution is -2.49. The number of rotatable bonds is 6. The van der Waals surface area contributed by atoms with Gasteiger partial charge in [-0.1, -0.05) is 23.8 Å². The molecule has 0 radical (unpaired) electrons. The highest BCUT2D eigenvalue weighted by molar-refractivity contribution is 7.80. The van der Waals surface area contributed by atoms with Gasteiger partial charge in [-0.25, -0.2) is 0 Å². The average molecular weight is 438 g/mol. The number of phenolic OH excluding ortho intramolecular Hbond substituents is 1. The molecule has 1 fully saturated rings. The van der Waals surface area contributed by atoms with Gasteiger partial charge in [0, 0.05) is 17.4 Å². The van der Waals surface area contributed by atoms with Crippen LogP contribution in [0.3, 0.4) is 0 Å². The molecule has 0 aromatic heterocycles. The van der Waals surface area contributed by atoms with Crippen molar-refractivity contribution in [2.45, 2.75) is 45.7 Å². The Kier molecular flexibility index (Phi) is 5.87. The van der Waals surface area contributed by atoms with E-state index in [2.05, 4.69) is 15.5 Å². The Morgan fingerprint density at radius 1 is 1.23 bits per heavy atom. The summed E-state index contributed by atoms with van der Waals surface area (Å²) < 4.78 is 5.56. The van der Waals surface area contributed by atoms with Crippen LogP contribution in [0.2, 0.25) is 0 Å². The van der Waals surface area contributed by atoms with Gasteiger partial charge in [-0.15, -0.1) is 0 Å². The molecule has 1 heterocycles. The topological polar surface area (TPSA) is 73.8 Å². The molecular formula is C24H27N3O3S. The molecule has 4 rings (SSSR count). The molecule has 6 nitrogen and oxygen atoms in total. The zero-order valence-electron chi connectivity index (χ0n) is 17.9. The van der Waals surface area contributed by atoms with Crippen LogP contribution in [0.1, 0.15) is 43.9 Å². The van der Waals surface area contributed by atoms with Crippen molar-refractivity contribution < 1.29 is 14.6 Å². The fourth-order valence-corrected chi connectivity index (χ4v) is 4.29. The van der Waals surface area contributed by atoms with Crippen LogP contribution in [-0.2, 0) is 4.79 Å². The van der Waals surface area contributed by atoms with Crippen LogP contribution in [0.5, 0.6) is 11.5 Å². The third-order valence-electron chi connectivity index (χ3n) is 5.61. The Balaban J connectivity index is 1.74. The number of aryl methyl sites for hydroxylation is 1. The summed E-state index contributed by atoms with van der Waals surface area (Å²) in [5.41, 5.74) is 4.12. The smallest absolute Gasteiger partial charge is 0.255 e. The van der Waals surface area contributed by atoms with Crippen molar-refractivity contribution in [1.29, 1.82) is 0 Å². The molecule has 0 spiro atoms. The molecule has 1 unspecified atom stereocenters. The molecule has 162 valence electrons. The molecule has 3 N–H and O–H groups in total. The lowest BCUT2D eigenvalue weighted by atomic mass is 9.93. The molecule has 1 saturated carbocycles. The maximum Gasteiger partial charge on any atom is 0.255 e. The van der Waals surface area contributed by atoms with E-state index in [0.29, 0.717) is 29.1 Å². The monoisotopic (exact) mass is 437 g/mol. The van der Waals surface area contributed by atoms with Gasteiger partial charge in [0.05, 0.1) is 18.2 Å². The molecule has 0 saturated heterocycles. The summed E-state index contributed by atoms with van der Waals surface area (Å²) in [6.07, 6.45) is 2.12. The zero-order chi connectivity index (χ0) is 22.1. The van der Waals surface area contributed by atoms with Crippen molar-refractivity contribution >= 4 is 28.9 Å². The van der Waals surface area contributed by atoms with Gasteiger partial charge < -0.3 is 25.4 Å². The van der Waals surface area contributed by atoms with Crippen molar-refractivity contribution in [3.05, 3.63) is 64.9 Å².